The normalized spacial score (nSPS) is 10.0. The standard InChI is InChI=1S/C12H10N4O2/c13-11(17)9-5-1-3-7(15-9)8-4-2-6-10(16-8)12(14)18/h1-6H,(H2,13,17)(H2,14,18). The van der Waals surface area contributed by atoms with Crippen LogP contribution in [-0.2, 0) is 0 Å². The average Bonchev–Trinajstić information content (AvgIpc) is 2.39. The Balaban J connectivity index is 2.48. The predicted octanol–water partition coefficient (Wildman–Crippen LogP) is 0.341. The van der Waals surface area contributed by atoms with Crippen LogP contribution in [0.15, 0.2) is 36.4 Å². The minimum atomic E-state index is -0.622. The van der Waals surface area contributed by atoms with Crippen molar-refractivity contribution in [2.24, 2.45) is 11.5 Å². The lowest BCUT2D eigenvalue weighted by atomic mass is 10.2. The number of hydrogen-bond acceptors (Lipinski definition) is 4. The molecule has 4 N–H and O–H groups in total. The van der Waals surface area contributed by atoms with Crippen LogP contribution in [0.25, 0.3) is 11.4 Å². The SMILES string of the molecule is NC(=O)c1cccc(-c2cccc(C(N)=O)n2)n1. The van der Waals surface area contributed by atoms with E-state index in [0.29, 0.717) is 11.4 Å². The van der Waals surface area contributed by atoms with E-state index < -0.39 is 11.8 Å². The Labute approximate surface area is 103 Å². The summed E-state index contributed by atoms with van der Waals surface area (Å²) in [4.78, 5) is 30.2. The second kappa shape index (κ2) is 4.62. The van der Waals surface area contributed by atoms with Gasteiger partial charge in [0.15, 0.2) is 0 Å². The monoisotopic (exact) mass is 242 g/mol. The maximum absolute atomic E-state index is 11.0. The lowest BCUT2D eigenvalue weighted by Gasteiger charge is -2.03. The molecular weight excluding hydrogens is 232 g/mol. The zero-order valence-electron chi connectivity index (χ0n) is 9.33. The second-order valence-corrected chi connectivity index (χ2v) is 3.54. The van der Waals surface area contributed by atoms with E-state index in [1.54, 1.807) is 24.3 Å². The molecule has 6 heteroatoms. The van der Waals surface area contributed by atoms with Crippen LogP contribution in [0, 0.1) is 0 Å². The highest BCUT2D eigenvalue weighted by Gasteiger charge is 2.08. The van der Waals surface area contributed by atoms with Gasteiger partial charge < -0.3 is 11.5 Å². The molecule has 0 radical (unpaired) electrons. The Morgan fingerprint density at radius 2 is 1.17 bits per heavy atom. The first-order valence-electron chi connectivity index (χ1n) is 5.12. The summed E-state index contributed by atoms with van der Waals surface area (Å²) < 4.78 is 0. The zero-order valence-corrected chi connectivity index (χ0v) is 9.33. The molecule has 18 heavy (non-hydrogen) atoms. The summed E-state index contributed by atoms with van der Waals surface area (Å²) in [6, 6.07) is 9.62. The van der Waals surface area contributed by atoms with Crippen LogP contribution in [0.5, 0.6) is 0 Å². The van der Waals surface area contributed by atoms with Crippen molar-refractivity contribution < 1.29 is 9.59 Å². The van der Waals surface area contributed by atoms with Crippen LogP contribution in [0.3, 0.4) is 0 Å². The maximum atomic E-state index is 11.0. The van der Waals surface area contributed by atoms with Gasteiger partial charge in [-0.3, -0.25) is 9.59 Å². The van der Waals surface area contributed by atoms with Gasteiger partial charge in [0.1, 0.15) is 11.4 Å². The molecule has 0 aliphatic rings. The Bertz CT molecular complexity index is 569. The van der Waals surface area contributed by atoms with Gasteiger partial charge in [-0.05, 0) is 24.3 Å². The van der Waals surface area contributed by atoms with Crippen LogP contribution in [0.1, 0.15) is 21.0 Å². The number of nitrogens with two attached hydrogens (primary N) is 2. The predicted molar refractivity (Wildman–Crippen MR) is 64.5 cm³/mol. The number of amides is 2. The fraction of sp³-hybridized carbons (Fsp3) is 0. The summed E-state index contributed by atoms with van der Waals surface area (Å²) in [7, 11) is 0. The number of pyridine rings is 2. The van der Waals surface area contributed by atoms with Gasteiger partial charge in [-0.1, -0.05) is 12.1 Å². The summed E-state index contributed by atoms with van der Waals surface area (Å²) in [6.07, 6.45) is 0. The summed E-state index contributed by atoms with van der Waals surface area (Å²) in [6.45, 7) is 0. The minimum Gasteiger partial charge on any atom is -0.364 e. The maximum Gasteiger partial charge on any atom is 0.267 e. The molecule has 0 fully saturated rings. The number of rotatable bonds is 3. The number of aromatic nitrogens is 2. The molecule has 0 bridgehead atoms. The molecule has 0 aliphatic carbocycles. The number of carbonyl (C=O) groups excluding carboxylic acids is 2. The third kappa shape index (κ3) is 2.32. The van der Waals surface area contributed by atoms with Gasteiger partial charge in [-0.25, -0.2) is 9.97 Å². The van der Waals surface area contributed by atoms with Crippen LogP contribution < -0.4 is 11.5 Å². The summed E-state index contributed by atoms with van der Waals surface area (Å²) >= 11 is 0. The van der Waals surface area contributed by atoms with E-state index in [0.717, 1.165) is 0 Å². The third-order valence-electron chi connectivity index (χ3n) is 2.27. The highest BCUT2D eigenvalue weighted by molar-refractivity contribution is 5.92. The number of nitrogens with zero attached hydrogens (tertiary/aromatic N) is 2. The first kappa shape index (κ1) is 11.7. The highest BCUT2D eigenvalue weighted by Crippen LogP contribution is 2.14. The van der Waals surface area contributed by atoms with Crippen molar-refractivity contribution in [1.29, 1.82) is 0 Å². The first-order chi connectivity index (χ1) is 8.58. The van der Waals surface area contributed by atoms with E-state index >= 15 is 0 Å². The van der Waals surface area contributed by atoms with Gasteiger partial charge in [-0.15, -0.1) is 0 Å². The molecule has 0 aliphatic heterocycles. The van der Waals surface area contributed by atoms with Crippen molar-refractivity contribution in [3.8, 4) is 11.4 Å². The lowest BCUT2D eigenvalue weighted by Crippen LogP contribution is -2.14. The summed E-state index contributed by atoms with van der Waals surface area (Å²) in [5, 5.41) is 0. The number of primary amides is 2. The second-order valence-electron chi connectivity index (χ2n) is 3.54. The molecule has 2 aromatic heterocycles. The van der Waals surface area contributed by atoms with Gasteiger partial charge in [0.25, 0.3) is 11.8 Å². The van der Waals surface area contributed by atoms with Crippen molar-refractivity contribution >= 4 is 11.8 Å². The minimum absolute atomic E-state index is 0.138. The third-order valence-corrected chi connectivity index (χ3v) is 2.27. The Kier molecular flexibility index (Phi) is 3.01. The molecule has 2 rings (SSSR count). The zero-order chi connectivity index (χ0) is 13.1. The van der Waals surface area contributed by atoms with Gasteiger partial charge in [0, 0.05) is 0 Å². The van der Waals surface area contributed by atoms with Crippen LogP contribution in [-0.4, -0.2) is 21.8 Å². The van der Waals surface area contributed by atoms with Gasteiger partial charge in [-0.2, -0.15) is 0 Å². The van der Waals surface area contributed by atoms with Crippen LogP contribution >= 0.6 is 0 Å². The number of hydrogen-bond donors (Lipinski definition) is 2. The van der Waals surface area contributed by atoms with E-state index in [-0.39, 0.29) is 11.4 Å². The van der Waals surface area contributed by atoms with Crippen molar-refractivity contribution in [3.63, 3.8) is 0 Å². The van der Waals surface area contributed by atoms with Crippen molar-refractivity contribution in [2.75, 3.05) is 0 Å². The molecule has 90 valence electrons. The Morgan fingerprint density at radius 3 is 1.50 bits per heavy atom. The quantitative estimate of drug-likeness (QED) is 0.808. The van der Waals surface area contributed by atoms with E-state index in [4.69, 9.17) is 11.5 Å². The van der Waals surface area contributed by atoms with E-state index in [1.807, 2.05) is 0 Å². The molecule has 6 nitrogen and oxygen atoms in total. The highest BCUT2D eigenvalue weighted by atomic mass is 16.1. The fourth-order valence-corrected chi connectivity index (χ4v) is 1.43. The molecule has 0 unspecified atom stereocenters. The molecule has 0 aromatic carbocycles. The Morgan fingerprint density at radius 1 is 0.778 bits per heavy atom. The fourth-order valence-electron chi connectivity index (χ4n) is 1.43. The topological polar surface area (TPSA) is 112 Å². The summed E-state index contributed by atoms with van der Waals surface area (Å²) in [5.41, 5.74) is 11.5. The molecule has 0 atom stereocenters. The van der Waals surface area contributed by atoms with Crippen molar-refractivity contribution in [3.05, 3.63) is 47.8 Å². The molecule has 2 aromatic rings. The van der Waals surface area contributed by atoms with Crippen LogP contribution in [0.4, 0.5) is 0 Å². The lowest BCUT2D eigenvalue weighted by molar-refractivity contribution is 0.0987. The Hall–Kier alpha value is -2.76. The van der Waals surface area contributed by atoms with E-state index in [2.05, 4.69) is 9.97 Å². The van der Waals surface area contributed by atoms with Crippen molar-refractivity contribution in [1.82, 2.24) is 9.97 Å². The largest absolute Gasteiger partial charge is 0.364 e. The van der Waals surface area contributed by atoms with Crippen molar-refractivity contribution in [2.45, 2.75) is 0 Å². The molecule has 0 spiro atoms. The van der Waals surface area contributed by atoms with Gasteiger partial charge in [0.05, 0.1) is 11.4 Å². The average molecular weight is 242 g/mol. The van der Waals surface area contributed by atoms with E-state index in [9.17, 15) is 9.59 Å². The van der Waals surface area contributed by atoms with E-state index in [1.165, 1.54) is 12.1 Å². The van der Waals surface area contributed by atoms with Gasteiger partial charge in [0.2, 0.25) is 0 Å². The first-order valence-corrected chi connectivity index (χ1v) is 5.12. The molecule has 2 amide bonds. The molecule has 0 saturated heterocycles. The number of carbonyl (C=O) groups is 2. The smallest absolute Gasteiger partial charge is 0.267 e. The molecular formula is C12H10N4O2. The molecule has 2 heterocycles. The summed E-state index contributed by atoms with van der Waals surface area (Å²) in [5.74, 6) is -1.24. The van der Waals surface area contributed by atoms with Crippen LogP contribution in [0.2, 0.25) is 0 Å². The van der Waals surface area contributed by atoms with Gasteiger partial charge >= 0.3 is 0 Å². The molecule has 0 saturated carbocycles.